The Balaban J connectivity index is 2.38. The number of hydrogen-bond donors (Lipinski definition) is 2. The second-order valence-electron chi connectivity index (χ2n) is 4.16. The van der Waals surface area contributed by atoms with Crippen molar-refractivity contribution in [3.8, 4) is 0 Å². The van der Waals surface area contributed by atoms with Crippen LogP contribution < -0.4 is 5.32 Å². The maximum absolute atomic E-state index is 11.9. The minimum Gasteiger partial charge on any atom is -0.481 e. The van der Waals surface area contributed by atoms with Gasteiger partial charge in [-0.2, -0.15) is 13.2 Å². The number of amides is 1. The van der Waals surface area contributed by atoms with E-state index in [-0.39, 0.29) is 0 Å². The van der Waals surface area contributed by atoms with E-state index in [9.17, 15) is 22.8 Å². The molecule has 2 N–H and O–H groups in total. The summed E-state index contributed by atoms with van der Waals surface area (Å²) in [6.07, 6.45) is -4.55. The van der Waals surface area contributed by atoms with Crippen LogP contribution in [0.2, 0.25) is 0 Å². The fourth-order valence-corrected chi connectivity index (χ4v) is 1.96. The van der Waals surface area contributed by atoms with E-state index in [1.165, 1.54) is 0 Å². The van der Waals surface area contributed by atoms with Crippen molar-refractivity contribution in [3.63, 3.8) is 0 Å². The molecule has 1 amide bonds. The van der Waals surface area contributed by atoms with Crippen molar-refractivity contribution < 1.29 is 27.9 Å². The Bertz CT molecular complexity index is 304. The molecule has 0 radical (unpaired) electrons. The molecule has 1 fully saturated rings. The normalized spacial score (nSPS) is 24.6. The van der Waals surface area contributed by atoms with Crippen molar-refractivity contribution in [3.05, 3.63) is 0 Å². The van der Waals surface area contributed by atoms with Crippen molar-refractivity contribution in [1.29, 1.82) is 0 Å². The molecule has 0 aromatic heterocycles. The lowest BCUT2D eigenvalue weighted by molar-refractivity contribution is -0.146. The van der Waals surface area contributed by atoms with Crippen LogP contribution in [0.25, 0.3) is 0 Å². The molecular formula is C10H14F3NO3. The van der Waals surface area contributed by atoms with Gasteiger partial charge in [0.15, 0.2) is 0 Å². The van der Waals surface area contributed by atoms with E-state index >= 15 is 0 Å². The Morgan fingerprint density at radius 1 is 1.29 bits per heavy atom. The van der Waals surface area contributed by atoms with Crippen LogP contribution in [-0.4, -0.2) is 29.2 Å². The van der Waals surface area contributed by atoms with Crippen molar-refractivity contribution in [2.45, 2.75) is 44.3 Å². The lowest BCUT2D eigenvalue weighted by Gasteiger charge is -2.17. The van der Waals surface area contributed by atoms with Crippen LogP contribution in [0.15, 0.2) is 0 Å². The number of carboxylic acid groups (broad SMARTS) is 1. The van der Waals surface area contributed by atoms with Crippen LogP contribution in [0.4, 0.5) is 13.2 Å². The van der Waals surface area contributed by atoms with Crippen LogP contribution in [0.5, 0.6) is 0 Å². The number of carboxylic acids is 1. The van der Waals surface area contributed by atoms with Gasteiger partial charge in [-0.3, -0.25) is 9.59 Å². The SMILES string of the molecule is O=C(CCC(F)(F)F)NC1CCCC1C(=O)O. The molecule has 98 valence electrons. The Kier molecular flexibility index (Phi) is 4.36. The molecule has 0 bridgehead atoms. The molecule has 1 aliphatic carbocycles. The van der Waals surface area contributed by atoms with Gasteiger partial charge in [0.05, 0.1) is 12.3 Å². The van der Waals surface area contributed by atoms with E-state index in [2.05, 4.69) is 5.32 Å². The lowest BCUT2D eigenvalue weighted by atomic mass is 10.0. The Morgan fingerprint density at radius 3 is 2.47 bits per heavy atom. The summed E-state index contributed by atoms with van der Waals surface area (Å²) >= 11 is 0. The highest BCUT2D eigenvalue weighted by molar-refractivity contribution is 5.78. The minimum absolute atomic E-state index is 0.458. The molecule has 0 heterocycles. The third-order valence-corrected chi connectivity index (χ3v) is 2.82. The molecule has 4 nitrogen and oxygen atoms in total. The quantitative estimate of drug-likeness (QED) is 0.801. The molecule has 0 aliphatic heterocycles. The molecular weight excluding hydrogens is 239 g/mol. The third kappa shape index (κ3) is 4.62. The first-order valence-electron chi connectivity index (χ1n) is 5.38. The minimum atomic E-state index is -4.36. The second-order valence-corrected chi connectivity index (χ2v) is 4.16. The fourth-order valence-electron chi connectivity index (χ4n) is 1.96. The van der Waals surface area contributed by atoms with Crippen LogP contribution in [0, 0.1) is 5.92 Å². The molecule has 0 aromatic rings. The third-order valence-electron chi connectivity index (χ3n) is 2.82. The van der Waals surface area contributed by atoms with E-state index in [1.54, 1.807) is 0 Å². The molecule has 0 spiro atoms. The van der Waals surface area contributed by atoms with Crippen LogP contribution in [0.1, 0.15) is 32.1 Å². The molecule has 0 saturated heterocycles. The van der Waals surface area contributed by atoms with Gasteiger partial charge in [-0.05, 0) is 12.8 Å². The highest BCUT2D eigenvalue weighted by Gasteiger charge is 2.34. The molecule has 7 heteroatoms. The zero-order valence-corrected chi connectivity index (χ0v) is 9.09. The fraction of sp³-hybridized carbons (Fsp3) is 0.800. The van der Waals surface area contributed by atoms with E-state index in [0.717, 1.165) is 0 Å². The summed E-state index contributed by atoms with van der Waals surface area (Å²) in [6, 6.07) is -0.534. The summed E-state index contributed by atoms with van der Waals surface area (Å²) in [6.45, 7) is 0. The highest BCUT2D eigenvalue weighted by atomic mass is 19.4. The maximum atomic E-state index is 11.9. The van der Waals surface area contributed by atoms with E-state index in [1.807, 2.05) is 0 Å². The largest absolute Gasteiger partial charge is 0.481 e. The second kappa shape index (κ2) is 5.37. The number of hydrogen-bond acceptors (Lipinski definition) is 2. The van der Waals surface area contributed by atoms with Gasteiger partial charge >= 0.3 is 12.1 Å². The molecule has 1 aliphatic rings. The highest BCUT2D eigenvalue weighted by Crippen LogP contribution is 2.26. The zero-order chi connectivity index (χ0) is 13.1. The lowest BCUT2D eigenvalue weighted by Crippen LogP contribution is -2.40. The number of nitrogens with one attached hydrogen (secondary N) is 1. The van der Waals surface area contributed by atoms with Gasteiger partial charge in [-0.25, -0.2) is 0 Å². The van der Waals surface area contributed by atoms with Gasteiger partial charge in [0.25, 0.3) is 0 Å². The van der Waals surface area contributed by atoms with Gasteiger partial charge in [-0.1, -0.05) is 6.42 Å². The predicted octanol–water partition coefficient (Wildman–Crippen LogP) is 1.70. The maximum Gasteiger partial charge on any atom is 0.389 e. The van der Waals surface area contributed by atoms with Crippen LogP contribution in [0.3, 0.4) is 0 Å². The van der Waals surface area contributed by atoms with Crippen molar-refractivity contribution in [1.82, 2.24) is 5.32 Å². The summed E-state index contributed by atoms with van der Waals surface area (Å²) in [7, 11) is 0. The van der Waals surface area contributed by atoms with E-state index < -0.39 is 42.9 Å². The number of halogens is 3. The van der Waals surface area contributed by atoms with Gasteiger partial charge in [0, 0.05) is 12.5 Å². The molecule has 0 aromatic carbocycles. The summed E-state index contributed by atoms with van der Waals surface area (Å²) in [4.78, 5) is 22.0. The van der Waals surface area contributed by atoms with Gasteiger partial charge in [-0.15, -0.1) is 0 Å². The van der Waals surface area contributed by atoms with Crippen molar-refractivity contribution in [2.75, 3.05) is 0 Å². The Morgan fingerprint density at radius 2 is 1.94 bits per heavy atom. The summed E-state index contributed by atoms with van der Waals surface area (Å²) in [5.41, 5.74) is 0. The number of aliphatic carboxylic acids is 1. The molecule has 2 unspecified atom stereocenters. The standard InChI is InChI=1S/C10H14F3NO3/c11-10(12,13)5-4-8(15)14-7-3-1-2-6(7)9(16)17/h6-7H,1-5H2,(H,14,15)(H,16,17). The van der Waals surface area contributed by atoms with Gasteiger partial charge < -0.3 is 10.4 Å². The number of rotatable bonds is 4. The predicted molar refractivity (Wildman–Crippen MR) is 52.2 cm³/mol. The average molecular weight is 253 g/mol. The number of alkyl halides is 3. The smallest absolute Gasteiger partial charge is 0.389 e. The van der Waals surface area contributed by atoms with Gasteiger partial charge in [0.1, 0.15) is 0 Å². The number of carbonyl (C=O) groups is 2. The molecule has 17 heavy (non-hydrogen) atoms. The van der Waals surface area contributed by atoms with Crippen molar-refractivity contribution in [2.24, 2.45) is 5.92 Å². The Hall–Kier alpha value is -1.27. The summed E-state index contributed by atoms with van der Waals surface area (Å²) in [5, 5.41) is 11.2. The zero-order valence-electron chi connectivity index (χ0n) is 9.09. The average Bonchev–Trinajstić information content (AvgIpc) is 2.62. The van der Waals surface area contributed by atoms with Crippen LogP contribution >= 0.6 is 0 Å². The first-order chi connectivity index (χ1) is 7.79. The molecule has 1 saturated carbocycles. The van der Waals surface area contributed by atoms with Crippen molar-refractivity contribution >= 4 is 11.9 Å². The van der Waals surface area contributed by atoms with Gasteiger partial charge in [0.2, 0.25) is 5.91 Å². The Labute approximate surface area is 96.2 Å². The summed E-state index contributed by atoms with van der Waals surface area (Å²) < 4.78 is 35.6. The van der Waals surface area contributed by atoms with Crippen LogP contribution in [-0.2, 0) is 9.59 Å². The summed E-state index contributed by atoms with van der Waals surface area (Å²) in [5.74, 6) is -2.42. The van der Waals surface area contributed by atoms with E-state index in [0.29, 0.717) is 19.3 Å². The monoisotopic (exact) mass is 253 g/mol. The first kappa shape index (κ1) is 13.8. The number of carbonyl (C=O) groups excluding carboxylic acids is 1. The molecule has 2 atom stereocenters. The first-order valence-corrected chi connectivity index (χ1v) is 5.38. The van der Waals surface area contributed by atoms with E-state index in [4.69, 9.17) is 5.11 Å². The topological polar surface area (TPSA) is 66.4 Å². The molecule has 1 rings (SSSR count).